The van der Waals surface area contributed by atoms with Gasteiger partial charge < -0.3 is 10.5 Å². The summed E-state index contributed by atoms with van der Waals surface area (Å²) in [5, 5.41) is 3.82. The summed E-state index contributed by atoms with van der Waals surface area (Å²) in [5.74, 6) is 0.511. The molecule has 0 radical (unpaired) electrons. The lowest BCUT2D eigenvalue weighted by molar-refractivity contribution is 0.215. The summed E-state index contributed by atoms with van der Waals surface area (Å²) in [6.07, 6.45) is 5.00. The number of hydrogen-bond acceptors (Lipinski definition) is 7. The summed E-state index contributed by atoms with van der Waals surface area (Å²) in [6.45, 7) is 4.13. The standard InChI is InChI=1S/C12H12N2O2S.C5H8N2S/c1-2-10-8-13-11(17-10)14-12(15)16-9-6-4-3-5-7-9;1-2-4-3-7-5(6)8-4/h3-8H,2H2,1H3,(H,13,14,15);3H,2H2,1H3,(H2,6,7). The normalized spacial score (nSPS) is 9.84. The van der Waals surface area contributed by atoms with Crippen molar-refractivity contribution in [3.05, 3.63) is 52.5 Å². The topological polar surface area (TPSA) is 90.1 Å². The molecule has 6 nitrogen and oxygen atoms in total. The first-order valence-corrected chi connectivity index (χ1v) is 9.42. The lowest BCUT2D eigenvalue weighted by atomic mass is 10.3. The van der Waals surface area contributed by atoms with E-state index in [-0.39, 0.29) is 0 Å². The van der Waals surface area contributed by atoms with Crippen molar-refractivity contribution in [2.75, 3.05) is 11.1 Å². The van der Waals surface area contributed by atoms with Gasteiger partial charge in [-0.3, -0.25) is 5.32 Å². The Morgan fingerprint density at radius 3 is 2.24 bits per heavy atom. The highest BCUT2D eigenvalue weighted by molar-refractivity contribution is 7.15. The number of aryl methyl sites for hydroxylation is 2. The first kappa shape index (κ1) is 18.9. The number of carbonyl (C=O) groups is 1. The van der Waals surface area contributed by atoms with E-state index in [1.54, 1.807) is 41.8 Å². The van der Waals surface area contributed by atoms with Crippen LogP contribution in [-0.2, 0) is 12.8 Å². The number of nitrogen functional groups attached to an aromatic ring is 1. The lowest BCUT2D eigenvalue weighted by Crippen LogP contribution is -2.16. The molecule has 0 fully saturated rings. The molecule has 2 heterocycles. The Balaban J connectivity index is 0.000000236. The molecular weight excluding hydrogens is 356 g/mol. The van der Waals surface area contributed by atoms with Crippen molar-refractivity contribution in [3.8, 4) is 5.75 Å². The fraction of sp³-hybridized carbons (Fsp3) is 0.235. The molecule has 0 unspecified atom stereocenters. The number of nitrogens with zero attached hydrogens (tertiary/aromatic N) is 2. The summed E-state index contributed by atoms with van der Waals surface area (Å²) in [5.41, 5.74) is 5.36. The Morgan fingerprint density at radius 1 is 1.08 bits per heavy atom. The van der Waals surface area contributed by atoms with Gasteiger partial charge in [-0.15, -0.1) is 22.7 Å². The van der Waals surface area contributed by atoms with Gasteiger partial charge in [-0.25, -0.2) is 14.8 Å². The van der Waals surface area contributed by atoms with E-state index in [0.29, 0.717) is 16.0 Å². The van der Waals surface area contributed by atoms with Gasteiger partial charge in [-0.05, 0) is 25.0 Å². The third-order valence-electron chi connectivity index (χ3n) is 2.98. The number of amides is 1. The quantitative estimate of drug-likeness (QED) is 0.694. The highest BCUT2D eigenvalue weighted by Gasteiger charge is 2.07. The average Bonchev–Trinajstić information content (AvgIpc) is 3.24. The largest absolute Gasteiger partial charge is 0.418 e. The number of para-hydroxylation sites is 1. The van der Waals surface area contributed by atoms with Gasteiger partial charge in [-0.2, -0.15) is 0 Å². The molecule has 3 rings (SSSR count). The average molecular weight is 377 g/mol. The Labute approximate surface area is 154 Å². The van der Waals surface area contributed by atoms with Crippen LogP contribution in [0.1, 0.15) is 23.6 Å². The van der Waals surface area contributed by atoms with Crippen LogP contribution in [0, 0.1) is 0 Å². The summed E-state index contributed by atoms with van der Waals surface area (Å²) in [7, 11) is 0. The third kappa shape index (κ3) is 6.52. The minimum Gasteiger partial charge on any atom is -0.410 e. The SMILES string of the molecule is CCc1cnc(N)s1.CCc1cnc(NC(=O)Oc2ccccc2)s1. The second kappa shape index (κ2) is 9.75. The van der Waals surface area contributed by atoms with Crippen molar-refractivity contribution in [2.24, 2.45) is 0 Å². The lowest BCUT2D eigenvalue weighted by Gasteiger charge is -2.03. The molecule has 2 aromatic heterocycles. The van der Waals surface area contributed by atoms with Crippen molar-refractivity contribution >= 4 is 39.0 Å². The van der Waals surface area contributed by atoms with Crippen molar-refractivity contribution in [2.45, 2.75) is 26.7 Å². The van der Waals surface area contributed by atoms with E-state index in [1.807, 2.05) is 19.2 Å². The van der Waals surface area contributed by atoms with Crippen molar-refractivity contribution in [1.29, 1.82) is 0 Å². The highest BCUT2D eigenvalue weighted by Crippen LogP contribution is 2.19. The first-order valence-electron chi connectivity index (χ1n) is 7.79. The van der Waals surface area contributed by atoms with Gasteiger partial charge in [0.05, 0.1) is 0 Å². The number of nitrogens with two attached hydrogens (primary N) is 1. The minimum atomic E-state index is -0.520. The second-order valence-electron chi connectivity index (χ2n) is 4.83. The van der Waals surface area contributed by atoms with Crippen LogP contribution in [0.2, 0.25) is 0 Å². The van der Waals surface area contributed by atoms with E-state index >= 15 is 0 Å². The van der Waals surface area contributed by atoms with Crippen LogP contribution >= 0.6 is 22.7 Å². The fourth-order valence-corrected chi connectivity index (χ4v) is 3.08. The third-order valence-corrected chi connectivity index (χ3v) is 5.01. The van der Waals surface area contributed by atoms with Crippen LogP contribution < -0.4 is 15.8 Å². The number of nitrogens with one attached hydrogen (secondary N) is 1. The van der Waals surface area contributed by atoms with E-state index in [9.17, 15) is 4.79 Å². The van der Waals surface area contributed by atoms with Crippen LogP contribution in [0.5, 0.6) is 5.75 Å². The molecular formula is C17H20N4O2S2. The molecule has 25 heavy (non-hydrogen) atoms. The Hall–Kier alpha value is -2.45. The monoisotopic (exact) mass is 376 g/mol. The van der Waals surface area contributed by atoms with E-state index in [2.05, 4.69) is 22.2 Å². The Bertz CT molecular complexity index is 787. The van der Waals surface area contributed by atoms with Crippen molar-refractivity contribution in [3.63, 3.8) is 0 Å². The molecule has 0 saturated carbocycles. The van der Waals surface area contributed by atoms with Gasteiger partial charge in [0.2, 0.25) is 0 Å². The minimum absolute atomic E-state index is 0.511. The number of rotatable bonds is 4. The summed E-state index contributed by atoms with van der Waals surface area (Å²) < 4.78 is 5.08. The molecule has 3 N–H and O–H groups in total. The van der Waals surface area contributed by atoms with Gasteiger partial charge in [0.25, 0.3) is 0 Å². The predicted molar refractivity (Wildman–Crippen MR) is 103 cm³/mol. The zero-order valence-electron chi connectivity index (χ0n) is 14.1. The molecule has 8 heteroatoms. The van der Waals surface area contributed by atoms with E-state index in [0.717, 1.165) is 17.7 Å². The molecule has 0 spiro atoms. The van der Waals surface area contributed by atoms with Gasteiger partial charge >= 0.3 is 6.09 Å². The number of ether oxygens (including phenoxy) is 1. The molecule has 0 bridgehead atoms. The van der Waals surface area contributed by atoms with Crippen LogP contribution in [-0.4, -0.2) is 16.1 Å². The molecule has 0 aliphatic rings. The predicted octanol–water partition coefficient (Wildman–Crippen LogP) is 4.60. The molecule has 132 valence electrons. The maximum atomic E-state index is 11.5. The zero-order valence-corrected chi connectivity index (χ0v) is 15.7. The maximum Gasteiger partial charge on any atom is 0.418 e. The van der Waals surface area contributed by atoms with Crippen LogP contribution in [0.15, 0.2) is 42.7 Å². The number of benzene rings is 1. The Morgan fingerprint density at radius 2 is 1.72 bits per heavy atom. The molecule has 0 atom stereocenters. The number of hydrogen-bond donors (Lipinski definition) is 2. The van der Waals surface area contributed by atoms with Gasteiger partial charge in [-0.1, -0.05) is 32.0 Å². The van der Waals surface area contributed by atoms with E-state index in [4.69, 9.17) is 10.5 Å². The van der Waals surface area contributed by atoms with Gasteiger partial charge in [0, 0.05) is 22.1 Å². The van der Waals surface area contributed by atoms with Gasteiger partial charge in [0.15, 0.2) is 10.3 Å². The van der Waals surface area contributed by atoms with Crippen molar-refractivity contribution < 1.29 is 9.53 Å². The molecule has 0 aliphatic heterocycles. The smallest absolute Gasteiger partial charge is 0.410 e. The summed E-state index contributed by atoms with van der Waals surface area (Å²) in [6, 6.07) is 8.92. The van der Waals surface area contributed by atoms with Gasteiger partial charge in [0.1, 0.15) is 5.75 Å². The molecule has 1 amide bonds. The number of carbonyl (C=O) groups excluding carboxylic acids is 1. The summed E-state index contributed by atoms with van der Waals surface area (Å²) in [4.78, 5) is 21.8. The zero-order chi connectivity index (χ0) is 18.1. The molecule has 1 aromatic carbocycles. The fourth-order valence-electron chi connectivity index (χ4n) is 1.72. The van der Waals surface area contributed by atoms with E-state index in [1.165, 1.54) is 16.2 Å². The first-order chi connectivity index (χ1) is 12.1. The van der Waals surface area contributed by atoms with Crippen molar-refractivity contribution in [1.82, 2.24) is 9.97 Å². The molecule has 0 aliphatic carbocycles. The number of anilines is 2. The van der Waals surface area contributed by atoms with Crippen LogP contribution in [0.25, 0.3) is 0 Å². The molecule has 0 saturated heterocycles. The molecule has 3 aromatic rings. The van der Waals surface area contributed by atoms with Crippen LogP contribution in [0.3, 0.4) is 0 Å². The maximum absolute atomic E-state index is 11.5. The number of thiazole rings is 2. The van der Waals surface area contributed by atoms with E-state index < -0.39 is 6.09 Å². The Kier molecular flexibility index (Phi) is 7.36. The van der Waals surface area contributed by atoms with Crippen LogP contribution in [0.4, 0.5) is 15.1 Å². The number of aromatic nitrogens is 2. The summed E-state index contributed by atoms with van der Waals surface area (Å²) >= 11 is 3.00. The second-order valence-corrected chi connectivity index (χ2v) is 7.09. The highest BCUT2D eigenvalue weighted by atomic mass is 32.1.